The summed E-state index contributed by atoms with van der Waals surface area (Å²) in [7, 11) is -3.56. The maximum atomic E-state index is 13.1. The summed E-state index contributed by atoms with van der Waals surface area (Å²) in [5.74, 6) is 0.442. The first-order valence-corrected chi connectivity index (χ1v) is 13.7. The molecule has 3 aromatic rings. The number of amides is 1. The van der Waals surface area contributed by atoms with E-state index >= 15 is 0 Å². The Kier molecular flexibility index (Phi) is 6.65. The number of rotatable bonds is 5. The molecule has 0 bridgehead atoms. The minimum absolute atomic E-state index is 0.0436. The van der Waals surface area contributed by atoms with Crippen molar-refractivity contribution in [2.75, 3.05) is 39.4 Å². The summed E-state index contributed by atoms with van der Waals surface area (Å²) in [6.07, 6.45) is 3.78. The van der Waals surface area contributed by atoms with Crippen LogP contribution < -0.4 is 0 Å². The van der Waals surface area contributed by atoms with Gasteiger partial charge in [-0.25, -0.2) is 13.4 Å². The van der Waals surface area contributed by atoms with Crippen molar-refractivity contribution in [1.82, 2.24) is 18.8 Å². The van der Waals surface area contributed by atoms with Crippen LogP contribution in [0.2, 0.25) is 0 Å². The summed E-state index contributed by atoms with van der Waals surface area (Å²) in [5, 5.41) is 0. The second-order valence-corrected chi connectivity index (χ2v) is 11.5. The van der Waals surface area contributed by atoms with Crippen molar-refractivity contribution in [1.29, 1.82) is 0 Å². The van der Waals surface area contributed by atoms with E-state index in [0.29, 0.717) is 50.9 Å². The first-order valence-electron chi connectivity index (χ1n) is 12.2. The van der Waals surface area contributed by atoms with Crippen molar-refractivity contribution in [3.05, 3.63) is 59.4 Å². The van der Waals surface area contributed by atoms with Crippen LogP contribution in [0.25, 0.3) is 11.0 Å². The molecule has 2 aliphatic heterocycles. The predicted octanol–water partition coefficient (Wildman–Crippen LogP) is 3.23. The molecule has 9 heteroatoms. The van der Waals surface area contributed by atoms with Crippen LogP contribution >= 0.6 is 0 Å². The Balaban J connectivity index is 1.20. The van der Waals surface area contributed by atoms with Crippen molar-refractivity contribution in [2.45, 2.75) is 38.1 Å². The monoisotopic (exact) mass is 496 g/mol. The highest BCUT2D eigenvalue weighted by Crippen LogP contribution is 2.25. The van der Waals surface area contributed by atoms with Gasteiger partial charge in [0.25, 0.3) is 5.91 Å². The first-order chi connectivity index (χ1) is 16.8. The van der Waals surface area contributed by atoms with Gasteiger partial charge in [-0.05, 0) is 80.1 Å². The third-order valence-electron chi connectivity index (χ3n) is 7.30. The molecule has 35 heavy (non-hydrogen) atoms. The lowest BCUT2D eigenvalue weighted by Crippen LogP contribution is -2.40. The number of morpholine rings is 1. The number of fused-ring (bicyclic) bond motifs is 1. The Hall–Kier alpha value is -2.75. The highest BCUT2D eigenvalue weighted by atomic mass is 32.2. The molecule has 2 aliphatic rings. The Morgan fingerprint density at radius 1 is 1.00 bits per heavy atom. The average molecular weight is 497 g/mol. The number of imidazole rings is 1. The van der Waals surface area contributed by atoms with Crippen molar-refractivity contribution in [3.63, 3.8) is 0 Å². The molecule has 0 aliphatic carbocycles. The fourth-order valence-corrected chi connectivity index (χ4v) is 6.35. The topological polar surface area (TPSA) is 84.7 Å². The Labute approximate surface area is 206 Å². The Morgan fingerprint density at radius 2 is 1.66 bits per heavy atom. The molecule has 1 amide bonds. The van der Waals surface area contributed by atoms with Crippen molar-refractivity contribution in [3.8, 4) is 0 Å². The highest BCUT2D eigenvalue weighted by molar-refractivity contribution is 7.89. The second kappa shape index (κ2) is 9.72. The third-order valence-corrected chi connectivity index (χ3v) is 9.22. The van der Waals surface area contributed by atoms with Crippen molar-refractivity contribution in [2.24, 2.45) is 5.92 Å². The average Bonchev–Trinajstić information content (AvgIpc) is 3.26. The minimum atomic E-state index is -3.56. The molecule has 0 spiro atoms. The van der Waals surface area contributed by atoms with Gasteiger partial charge < -0.3 is 14.2 Å². The molecule has 8 nitrogen and oxygen atoms in total. The molecule has 0 N–H and O–H groups in total. The molecule has 0 radical (unpaired) electrons. The molecular formula is C26H32N4O4S. The van der Waals surface area contributed by atoms with E-state index in [2.05, 4.69) is 35.5 Å². The van der Waals surface area contributed by atoms with Gasteiger partial charge in [-0.1, -0.05) is 0 Å². The Bertz CT molecular complexity index is 1320. The zero-order valence-corrected chi connectivity index (χ0v) is 21.1. The summed E-state index contributed by atoms with van der Waals surface area (Å²) in [6, 6.07) is 10.7. The number of ether oxygens (including phenoxy) is 1. The highest BCUT2D eigenvalue weighted by Gasteiger charge is 2.28. The van der Waals surface area contributed by atoms with Crippen LogP contribution in [0.1, 0.15) is 34.3 Å². The number of benzene rings is 2. The van der Waals surface area contributed by atoms with E-state index in [9.17, 15) is 13.2 Å². The number of hydrogen-bond donors (Lipinski definition) is 0. The molecule has 2 aromatic carbocycles. The molecule has 2 saturated heterocycles. The lowest BCUT2D eigenvalue weighted by Gasteiger charge is -2.32. The third kappa shape index (κ3) is 4.85. The van der Waals surface area contributed by atoms with E-state index in [-0.39, 0.29) is 10.8 Å². The van der Waals surface area contributed by atoms with Gasteiger partial charge in [0.1, 0.15) is 0 Å². The standard InChI is InChI=1S/C26H32N4O4S/c1-19-15-24-25(16-20(19)2)29(18-27-24)17-21-7-9-28(10-8-21)26(31)22-3-5-23(6-4-22)35(32,33)30-11-13-34-14-12-30/h3-6,15-16,18,21H,7-14,17H2,1-2H3. The molecule has 0 atom stereocenters. The van der Waals surface area contributed by atoms with Gasteiger partial charge in [-0.2, -0.15) is 4.31 Å². The normalized spacial score (nSPS) is 18.3. The summed E-state index contributed by atoms with van der Waals surface area (Å²) >= 11 is 0. The molecule has 186 valence electrons. The number of nitrogens with zero attached hydrogens (tertiary/aromatic N) is 4. The van der Waals surface area contributed by atoms with Crippen LogP contribution in [0.15, 0.2) is 47.6 Å². The molecule has 2 fully saturated rings. The first kappa shape index (κ1) is 24.0. The molecule has 3 heterocycles. The maximum absolute atomic E-state index is 13.1. The molecule has 1 aromatic heterocycles. The number of sulfonamides is 1. The smallest absolute Gasteiger partial charge is 0.253 e. The van der Waals surface area contributed by atoms with Crippen LogP contribution in [-0.4, -0.2) is 72.5 Å². The van der Waals surface area contributed by atoms with Crippen LogP contribution in [0.4, 0.5) is 0 Å². The fraction of sp³-hybridized carbons (Fsp3) is 0.462. The van der Waals surface area contributed by atoms with E-state index in [1.165, 1.54) is 20.9 Å². The number of carbonyl (C=O) groups excluding carboxylic acids is 1. The van der Waals surface area contributed by atoms with Crippen molar-refractivity contribution >= 4 is 27.0 Å². The molecular weight excluding hydrogens is 464 g/mol. The summed E-state index contributed by atoms with van der Waals surface area (Å²) in [6.45, 7) is 8.04. The lowest BCUT2D eigenvalue weighted by molar-refractivity contribution is 0.0683. The zero-order chi connectivity index (χ0) is 24.6. The van der Waals surface area contributed by atoms with Crippen LogP contribution in [0.5, 0.6) is 0 Å². The quantitative estimate of drug-likeness (QED) is 0.542. The van der Waals surface area contributed by atoms with Gasteiger partial charge in [-0.15, -0.1) is 0 Å². The number of piperidine rings is 1. The number of aryl methyl sites for hydroxylation is 2. The van der Waals surface area contributed by atoms with Crippen molar-refractivity contribution < 1.29 is 17.9 Å². The lowest BCUT2D eigenvalue weighted by atomic mass is 9.96. The number of carbonyl (C=O) groups is 1. The Morgan fingerprint density at radius 3 is 2.34 bits per heavy atom. The van der Waals surface area contributed by atoms with Gasteiger partial charge in [0.15, 0.2) is 0 Å². The number of aromatic nitrogens is 2. The van der Waals surface area contributed by atoms with E-state index in [0.717, 1.165) is 24.9 Å². The number of likely N-dealkylation sites (tertiary alicyclic amines) is 1. The van der Waals surface area contributed by atoms with E-state index < -0.39 is 10.0 Å². The summed E-state index contributed by atoms with van der Waals surface area (Å²) in [5.41, 5.74) is 5.24. The van der Waals surface area contributed by atoms with E-state index in [1.807, 2.05) is 11.2 Å². The number of hydrogen-bond acceptors (Lipinski definition) is 5. The summed E-state index contributed by atoms with van der Waals surface area (Å²) < 4.78 is 34.6. The van der Waals surface area contributed by atoms with Gasteiger partial charge in [0.05, 0.1) is 35.5 Å². The summed E-state index contributed by atoms with van der Waals surface area (Å²) in [4.78, 5) is 19.7. The minimum Gasteiger partial charge on any atom is -0.379 e. The van der Waals surface area contributed by atoms with Gasteiger partial charge in [-0.3, -0.25) is 4.79 Å². The molecule has 5 rings (SSSR count). The van der Waals surface area contributed by atoms with Crippen LogP contribution in [0.3, 0.4) is 0 Å². The second-order valence-electron chi connectivity index (χ2n) is 9.60. The maximum Gasteiger partial charge on any atom is 0.253 e. The molecule has 0 saturated carbocycles. The predicted molar refractivity (Wildman–Crippen MR) is 134 cm³/mol. The fourth-order valence-electron chi connectivity index (χ4n) is 4.94. The van der Waals surface area contributed by atoms with Crippen LogP contribution in [0, 0.1) is 19.8 Å². The van der Waals surface area contributed by atoms with Crippen LogP contribution in [-0.2, 0) is 21.3 Å². The zero-order valence-electron chi connectivity index (χ0n) is 20.3. The SMILES string of the molecule is Cc1cc2ncn(CC3CCN(C(=O)c4ccc(S(=O)(=O)N5CCOCC5)cc4)CC3)c2cc1C. The largest absolute Gasteiger partial charge is 0.379 e. The molecule has 0 unspecified atom stereocenters. The van der Waals surface area contributed by atoms with Gasteiger partial charge in [0, 0.05) is 38.3 Å². The van der Waals surface area contributed by atoms with Gasteiger partial charge >= 0.3 is 0 Å². The van der Waals surface area contributed by atoms with Gasteiger partial charge in [0.2, 0.25) is 10.0 Å². The van der Waals surface area contributed by atoms with E-state index in [4.69, 9.17) is 4.74 Å². The van der Waals surface area contributed by atoms with E-state index in [1.54, 1.807) is 24.3 Å².